The van der Waals surface area contributed by atoms with Gasteiger partial charge in [0.1, 0.15) is 13.2 Å². The number of allylic oxidation sites excluding steroid dienone is 20. The molecular weight excluding hydrogens is 1080 g/mol. The number of quaternary nitrogens is 1. The van der Waals surface area contributed by atoms with E-state index < -0.39 is 24.3 Å². The first kappa shape index (κ1) is 82.7. The second-order valence-corrected chi connectivity index (χ2v) is 24.8. The van der Waals surface area contributed by atoms with Crippen molar-refractivity contribution >= 4 is 17.9 Å². The molecule has 0 saturated heterocycles. The molecule has 0 radical (unpaired) electrons. The Labute approximate surface area is 536 Å². The monoisotopic (exact) mass is 1210 g/mol. The topological polar surface area (TPSA) is 111 Å². The van der Waals surface area contributed by atoms with Crippen LogP contribution in [-0.2, 0) is 33.3 Å². The largest absolute Gasteiger partial charge is 0.545 e. The van der Waals surface area contributed by atoms with Crippen molar-refractivity contribution in [3.05, 3.63) is 122 Å². The zero-order valence-electron chi connectivity index (χ0n) is 56.9. The number of carboxylic acids is 1. The fraction of sp³-hybridized carbons (Fsp3) is 0.705. The Kier molecular flexibility index (Phi) is 64.3. The molecule has 0 spiro atoms. The molecule has 0 bridgehead atoms. The van der Waals surface area contributed by atoms with Crippen LogP contribution in [0.15, 0.2) is 122 Å². The summed E-state index contributed by atoms with van der Waals surface area (Å²) in [7, 11) is 5.92. The van der Waals surface area contributed by atoms with Gasteiger partial charge < -0.3 is 33.3 Å². The number of carbonyl (C=O) groups excluding carboxylic acids is 3. The minimum Gasteiger partial charge on any atom is -0.545 e. The van der Waals surface area contributed by atoms with Crippen LogP contribution in [0.25, 0.3) is 0 Å². The van der Waals surface area contributed by atoms with Crippen LogP contribution in [0.4, 0.5) is 0 Å². The predicted molar refractivity (Wildman–Crippen MR) is 370 cm³/mol. The van der Waals surface area contributed by atoms with E-state index in [2.05, 4.69) is 135 Å². The minimum absolute atomic E-state index is 0.140. The molecule has 0 rings (SSSR count). The molecule has 2 atom stereocenters. The van der Waals surface area contributed by atoms with Gasteiger partial charge >= 0.3 is 11.9 Å². The van der Waals surface area contributed by atoms with Gasteiger partial charge in [0.25, 0.3) is 0 Å². The molecule has 2 unspecified atom stereocenters. The number of rotatable bonds is 65. The molecular formula is C78H133NO8. The lowest BCUT2D eigenvalue weighted by Crippen LogP contribution is -2.44. The van der Waals surface area contributed by atoms with Crippen molar-refractivity contribution in [3.8, 4) is 0 Å². The van der Waals surface area contributed by atoms with Crippen LogP contribution >= 0.6 is 0 Å². The van der Waals surface area contributed by atoms with Gasteiger partial charge in [0.2, 0.25) is 0 Å². The standard InChI is InChI=1S/C78H133NO8/c1-6-8-10-12-14-16-18-20-22-24-26-28-30-32-33-34-35-36-37-38-39-40-41-42-43-45-47-49-51-53-55-57-59-61-63-65-67-69-76(81)87-74(73-86-78(77(82)83)84-71-70-79(3,4)5)72-85-75(80)68-66-64-62-60-58-56-54-52-50-48-46-44-31-29-27-25-23-21-19-17-15-13-11-9-7-2/h8,10,14,16,20,22,26,28,32-33,35-36,38-39,41-42,45,47,51,53,74,78H,6-7,9,11-13,15,17-19,21,23-25,27,29-31,34,37,40,43-44,46,48-50,52,54-73H2,1-5H3/b10-8-,16-14-,22-20-,28-26-,33-32-,36-35-,39-38-,42-41-,47-45-,53-51-. The third-order valence-corrected chi connectivity index (χ3v) is 15.2. The summed E-state index contributed by atoms with van der Waals surface area (Å²) in [5.74, 6) is -2.30. The molecule has 0 aromatic carbocycles. The first-order valence-corrected chi connectivity index (χ1v) is 35.7. The van der Waals surface area contributed by atoms with E-state index in [1.165, 1.54) is 141 Å². The van der Waals surface area contributed by atoms with Crippen LogP contribution in [-0.4, -0.2) is 82.3 Å². The van der Waals surface area contributed by atoms with Crippen molar-refractivity contribution in [2.45, 2.75) is 309 Å². The van der Waals surface area contributed by atoms with E-state index in [1.54, 1.807) is 0 Å². The highest BCUT2D eigenvalue weighted by atomic mass is 16.7. The van der Waals surface area contributed by atoms with Gasteiger partial charge in [0.15, 0.2) is 12.4 Å². The van der Waals surface area contributed by atoms with Gasteiger partial charge in [-0.25, -0.2) is 0 Å². The van der Waals surface area contributed by atoms with Gasteiger partial charge in [-0.2, -0.15) is 0 Å². The molecule has 0 N–H and O–H groups in total. The van der Waals surface area contributed by atoms with Crippen molar-refractivity contribution in [2.24, 2.45) is 0 Å². The van der Waals surface area contributed by atoms with E-state index >= 15 is 0 Å². The van der Waals surface area contributed by atoms with E-state index in [9.17, 15) is 19.5 Å². The van der Waals surface area contributed by atoms with Crippen LogP contribution in [0.1, 0.15) is 296 Å². The number of likely N-dealkylation sites (N-methyl/N-ethyl adjacent to an activating group) is 1. The van der Waals surface area contributed by atoms with Gasteiger partial charge in [-0.05, 0) is 89.9 Å². The molecule has 0 aliphatic rings. The number of carbonyl (C=O) groups is 3. The number of aliphatic carboxylic acids is 1. The molecule has 0 fully saturated rings. The van der Waals surface area contributed by atoms with Crippen molar-refractivity contribution in [1.82, 2.24) is 0 Å². The number of esters is 2. The maximum atomic E-state index is 12.9. The van der Waals surface area contributed by atoms with E-state index in [1.807, 2.05) is 21.1 Å². The molecule has 0 aliphatic heterocycles. The zero-order chi connectivity index (χ0) is 63.3. The Balaban J connectivity index is 4.19. The molecule has 9 heteroatoms. The number of ether oxygens (including phenoxy) is 4. The Bertz CT molecular complexity index is 1840. The normalized spacial score (nSPS) is 13.4. The maximum Gasteiger partial charge on any atom is 0.306 e. The van der Waals surface area contributed by atoms with Crippen LogP contribution in [0.3, 0.4) is 0 Å². The van der Waals surface area contributed by atoms with E-state index in [0.717, 1.165) is 122 Å². The van der Waals surface area contributed by atoms with Crippen molar-refractivity contribution in [2.75, 3.05) is 47.5 Å². The molecule has 498 valence electrons. The highest BCUT2D eigenvalue weighted by Gasteiger charge is 2.22. The summed E-state index contributed by atoms with van der Waals surface area (Å²) < 4.78 is 22.8. The maximum absolute atomic E-state index is 12.9. The van der Waals surface area contributed by atoms with Gasteiger partial charge in [-0.15, -0.1) is 0 Å². The van der Waals surface area contributed by atoms with Gasteiger partial charge in [-0.1, -0.05) is 315 Å². The summed E-state index contributed by atoms with van der Waals surface area (Å²) in [6.07, 6.45) is 92.8. The van der Waals surface area contributed by atoms with Crippen molar-refractivity contribution in [1.29, 1.82) is 0 Å². The van der Waals surface area contributed by atoms with Crippen LogP contribution in [0.5, 0.6) is 0 Å². The van der Waals surface area contributed by atoms with E-state index in [0.29, 0.717) is 17.4 Å². The third kappa shape index (κ3) is 69.0. The van der Waals surface area contributed by atoms with Crippen LogP contribution < -0.4 is 5.11 Å². The van der Waals surface area contributed by atoms with Gasteiger partial charge in [0, 0.05) is 12.8 Å². The first-order valence-electron chi connectivity index (χ1n) is 35.7. The molecule has 0 aliphatic carbocycles. The average molecular weight is 1210 g/mol. The molecule has 0 saturated carbocycles. The lowest BCUT2D eigenvalue weighted by Gasteiger charge is -2.26. The zero-order valence-corrected chi connectivity index (χ0v) is 56.9. The summed E-state index contributed by atoms with van der Waals surface area (Å²) in [6, 6.07) is 0. The lowest BCUT2D eigenvalue weighted by molar-refractivity contribution is -0.870. The summed E-state index contributed by atoms with van der Waals surface area (Å²) in [4.78, 5) is 37.5. The first-order chi connectivity index (χ1) is 42.6. The molecule has 0 aromatic heterocycles. The van der Waals surface area contributed by atoms with Crippen molar-refractivity contribution in [3.63, 3.8) is 0 Å². The Morgan fingerprint density at radius 3 is 0.977 bits per heavy atom. The number of nitrogens with zero attached hydrogens (tertiary/aromatic N) is 1. The minimum atomic E-state index is -1.63. The quantitative estimate of drug-likeness (QED) is 0.0195. The number of carboxylic acid groups (broad SMARTS) is 1. The highest BCUT2D eigenvalue weighted by Crippen LogP contribution is 2.17. The van der Waals surface area contributed by atoms with Gasteiger partial charge in [0.05, 0.1) is 40.3 Å². The summed E-state index contributed by atoms with van der Waals surface area (Å²) in [5.41, 5.74) is 0. The Hall–Kier alpha value is -4.31. The molecule has 0 aromatic rings. The Morgan fingerprint density at radius 2 is 0.655 bits per heavy atom. The summed E-state index contributed by atoms with van der Waals surface area (Å²) in [5, 5.41) is 11.8. The van der Waals surface area contributed by atoms with E-state index in [-0.39, 0.29) is 38.6 Å². The number of hydrogen-bond donors (Lipinski definition) is 0. The second kappa shape index (κ2) is 67.6. The van der Waals surface area contributed by atoms with Crippen LogP contribution in [0, 0.1) is 0 Å². The SMILES string of the molecule is CC/C=C\C/C=C\C/C=C\C/C=C\C/C=C\C/C=C\C/C=C\C/C=C\C/C=C\C/C=C\CCCCCCCCC(=O)OC(COC(=O)CCCCCCCCCCCCCCCCCCCCCCCCCCC)COC(OCC[N+](C)(C)C)C(=O)[O-]. The van der Waals surface area contributed by atoms with Gasteiger partial charge in [-0.3, -0.25) is 9.59 Å². The molecule has 87 heavy (non-hydrogen) atoms. The summed E-state index contributed by atoms with van der Waals surface area (Å²) >= 11 is 0. The fourth-order valence-electron chi connectivity index (χ4n) is 9.80. The number of hydrogen-bond acceptors (Lipinski definition) is 8. The third-order valence-electron chi connectivity index (χ3n) is 15.2. The van der Waals surface area contributed by atoms with Crippen LogP contribution in [0.2, 0.25) is 0 Å². The number of unbranched alkanes of at least 4 members (excludes halogenated alkanes) is 30. The van der Waals surface area contributed by atoms with Crippen molar-refractivity contribution < 1.29 is 42.9 Å². The van der Waals surface area contributed by atoms with E-state index in [4.69, 9.17) is 18.9 Å². The molecule has 0 amide bonds. The lowest BCUT2D eigenvalue weighted by atomic mass is 10.0. The molecule has 0 heterocycles. The second-order valence-electron chi connectivity index (χ2n) is 24.8. The highest BCUT2D eigenvalue weighted by molar-refractivity contribution is 5.70. The predicted octanol–water partition coefficient (Wildman–Crippen LogP) is 21.0. The Morgan fingerprint density at radius 1 is 0.356 bits per heavy atom. The smallest absolute Gasteiger partial charge is 0.306 e. The summed E-state index contributed by atoms with van der Waals surface area (Å²) in [6.45, 7) is 4.64. The molecule has 9 nitrogen and oxygen atoms in total. The average Bonchev–Trinajstić information content (AvgIpc) is 3.57. The fourth-order valence-corrected chi connectivity index (χ4v) is 9.80.